The number of nitrogens with one attached hydrogen (secondary N) is 1. The first-order valence-electron chi connectivity index (χ1n) is 5.24. The summed E-state index contributed by atoms with van der Waals surface area (Å²) in [5.74, 6) is 2.57. The predicted octanol–water partition coefficient (Wildman–Crippen LogP) is 0.948. The van der Waals surface area contributed by atoms with Crippen LogP contribution in [0, 0.1) is 0 Å². The summed E-state index contributed by atoms with van der Waals surface area (Å²) in [5.41, 5.74) is 0. The first kappa shape index (κ1) is 11.9. The van der Waals surface area contributed by atoms with Crippen molar-refractivity contribution >= 4 is 17.7 Å². The number of hydrogen-bond donors (Lipinski definition) is 1. The third-order valence-corrected chi connectivity index (χ3v) is 3.80. The zero-order chi connectivity index (χ0) is 10.6. The second kappa shape index (κ2) is 5.61. The molecule has 0 aliphatic carbocycles. The number of carbonyl (C=O) groups is 1. The number of thioether (sulfide) groups is 1. The van der Waals surface area contributed by atoms with E-state index in [-0.39, 0.29) is 11.9 Å². The lowest BCUT2D eigenvalue weighted by atomic mass is 10.2. The molecule has 0 aromatic heterocycles. The van der Waals surface area contributed by atoms with Gasteiger partial charge in [0.2, 0.25) is 5.91 Å². The van der Waals surface area contributed by atoms with E-state index in [1.165, 1.54) is 12.2 Å². The Bertz CT molecular complexity index is 193. The Labute approximate surface area is 90.6 Å². The monoisotopic (exact) mass is 216 g/mol. The predicted molar refractivity (Wildman–Crippen MR) is 61.6 cm³/mol. The SMILES string of the molecule is CCN(C)C(=O)C(C)NC1CCSC1. The molecule has 2 unspecified atom stereocenters. The maximum absolute atomic E-state index is 11.7. The summed E-state index contributed by atoms with van der Waals surface area (Å²) in [4.78, 5) is 13.5. The van der Waals surface area contributed by atoms with Gasteiger partial charge in [-0.25, -0.2) is 0 Å². The Hall–Kier alpha value is -0.220. The van der Waals surface area contributed by atoms with Crippen molar-refractivity contribution in [2.45, 2.75) is 32.4 Å². The van der Waals surface area contributed by atoms with Crippen LogP contribution in [-0.4, -0.2) is 48.0 Å². The number of likely N-dealkylation sites (N-methyl/N-ethyl adjacent to an activating group) is 1. The molecule has 0 saturated carbocycles. The lowest BCUT2D eigenvalue weighted by Gasteiger charge is -2.23. The van der Waals surface area contributed by atoms with E-state index in [1.54, 1.807) is 4.90 Å². The molecule has 1 aliphatic rings. The van der Waals surface area contributed by atoms with Crippen LogP contribution in [0.2, 0.25) is 0 Å². The van der Waals surface area contributed by atoms with E-state index in [2.05, 4.69) is 5.32 Å². The fraction of sp³-hybridized carbons (Fsp3) is 0.900. The van der Waals surface area contributed by atoms with E-state index in [1.807, 2.05) is 32.7 Å². The van der Waals surface area contributed by atoms with Gasteiger partial charge in [0.15, 0.2) is 0 Å². The van der Waals surface area contributed by atoms with Crippen LogP contribution in [-0.2, 0) is 4.79 Å². The minimum atomic E-state index is -0.0383. The highest BCUT2D eigenvalue weighted by Crippen LogP contribution is 2.17. The van der Waals surface area contributed by atoms with Crippen LogP contribution >= 0.6 is 11.8 Å². The van der Waals surface area contributed by atoms with Crippen molar-refractivity contribution in [3.05, 3.63) is 0 Å². The van der Waals surface area contributed by atoms with Gasteiger partial charge in [-0.2, -0.15) is 11.8 Å². The second-order valence-corrected chi connectivity index (χ2v) is 4.95. The second-order valence-electron chi connectivity index (χ2n) is 3.80. The van der Waals surface area contributed by atoms with E-state index < -0.39 is 0 Å². The maximum Gasteiger partial charge on any atom is 0.239 e. The molecule has 14 heavy (non-hydrogen) atoms. The van der Waals surface area contributed by atoms with Gasteiger partial charge in [0.05, 0.1) is 6.04 Å². The van der Waals surface area contributed by atoms with Crippen LogP contribution in [0.25, 0.3) is 0 Å². The van der Waals surface area contributed by atoms with E-state index in [0.29, 0.717) is 6.04 Å². The van der Waals surface area contributed by atoms with Crippen molar-refractivity contribution in [1.29, 1.82) is 0 Å². The number of rotatable bonds is 4. The lowest BCUT2D eigenvalue weighted by Crippen LogP contribution is -2.47. The van der Waals surface area contributed by atoms with Crippen molar-refractivity contribution < 1.29 is 4.79 Å². The van der Waals surface area contributed by atoms with Crippen molar-refractivity contribution in [1.82, 2.24) is 10.2 Å². The van der Waals surface area contributed by atoms with Crippen LogP contribution in [0.1, 0.15) is 20.3 Å². The fourth-order valence-electron chi connectivity index (χ4n) is 1.58. The molecule has 1 saturated heterocycles. The third-order valence-electron chi connectivity index (χ3n) is 2.64. The first-order chi connectivity index (χ1) is 6.65. The highest BCUT2D eigenvalue weighted by atomic mass is 32.2. The molecule has 3 nitrogen and oxygen atoms in total. The Morgan fingerprint density at radius 3 is 2.93 bits per heavy atom. The smallest absolute Gasteiger partial charge is 0.239 e. The van der Waals surface area contributed by atoms with E-state index in [4.69, 9.17) is 0 Å². The molecule has 1 N–H and O–H groups in total. The molecular formula is C10H20N2OS. The number of hydrogen-bond acceptors (Lipinski definition) is 3. The molecule has 1 heterocycles. The Morgan fingerprint density at radius 2 is 2.43 bits per heavy atom. The molecular weight excluding hydrogens is 196 g/mol. The van der Waals surface area contributed by atoms with E-state index in [0.717, 1.165) is 12.3 Å². The minimum absolute atomic E-state index is 0.0383. The zero-order valence-electron chi connectivity index (χ0n) is 9.25. The molecule has 4 heteroatoms. The van der Waals surface area contributed by atoms with Gasteiger partial charge in [0.25, 0.3) is 0 Å². The first-order valence-corrected chi connectivity index (χ1v) is 6.39. The molecule has 1 amide bonds. The summed E-state index contributed by atoms with van der Waals surface area (Å²) < 4.78 is 0. The average molecular weight is 216 g/mol. The van der Waals surface area contributed by atoms with Gasteiger partial charge >= 0.3 is 0 Å². The fourth-order valence-corrected chi connectivity index (χ4v) is 2.74. The van der Waals surface area contributed by atoms with Crippen molar-refractivity contribution in [2.24, 2.45) is 0 Å². The summed E-state index contributed by atoms with van der Waals surface area (Å²) in [7, 11) is 1.85. The quantitative estimate of drug-likeness (QED) is 0.759. The van der Waals surface area contributed by atoms with Crippen molar-refractivity contribution in [2.75, 3.05) is 25.1 Å². The Balaban J connectivity index is 2.32. The van der Waals surface area contributed by atoms with Gasteiger partial charge < -0.3 is 10.2 Å². The Kier molecular flexibility index (Phi) is 4.75. The number of amides is 1. The van der Waals surface area contributed by atoms with Gasteiger partial charge in [-0.15, -0.1) is 0 Å². The van der Waals surface area contributed by atoms with Crippen LogP contribution in [0.5, 0.6) is 0 Å². The molecule has 0 spiro atoms. The van der Waals surface area contributed by atoms with Crippen molar-refractivity contribution in [3.63, 3.8) is 0 Å². The maximum atomic E-state index is 11.7. The molecule has 0 bridgehead atoms. The minimum Gasteiger partial charge on any atom is -0.345 e. The lowest BCUT2D eigenvalue weighted by molar-refractivity contribution is -0.131. The van der Waals surface area contributed by atoms with Crippen LogP contribution in [0.4, 0.5) is 0 Å². The molecule has 2 atom stereocenters. The van der Waals surface area contributed by atoms with Crippen LogP contribution in [0.15, 0.2) is 0 Å². The summed E-state index contributed by atoms with van der Waals surface area (Å²) in [5, 5.41) is 3.38. The molecule has 1 fully saturated rings. The highest BCUT2D eigenvalue weighted by Gasteiger charge is 2.22. The van der Waals surface area contributed by atoms with Gasteiger partial charge in [0.1, 0.15) is 0 Å². The summed E-state index contributed by atoms with van der Waals surface area (Å²) in [6.07, 6.45) is 1.19. The summed E-state index contributed by atoms with van der Waals surface area (Å²) in [6.45, 7) is 4.73. The Morgan fingerprint density at radius 1 is 1.71 bits per heavy atom. The highest BCUT2D eigenvalue weighted by molar-refractivity contribution is 7.99. The zero-order valence-corrected chi connectivity index (χ0v) is 10.1. The standard InChI is InChI=1S/C10H20N2OS/c1-4-12(3)10(13)8(2)11-9-5-6-14-7-9/h8-9,11H,4-7H2,1-3H3. The van der Waals surface area contributed by atoms with Gasteiger partial charge in [-0.05, 0) is 26.0 Å². The average Bonchev–Trinajstić information content (AvgIpc) is 2.68. The molecule has 0 aromatic rings. The van der Waals surface area contributed by atoms with Gasteiger partial charge in [-0.3, -0.25) is 4.79 Å². The number of nitrogens with zero attached hydrogens (tertiary/aromatic N) is 1. The molecule has 1 rings (SSSR count). The van der Waals surface area contributed by atoms with Gasteiger partial charge in [-0.1, -0.05) is 0 Å². The van der Waals surface area contributed by atoms with Crippen molar-refractivity contribution in [3.8, 4) is 0 Å². The van der Waals surface area contributed by atoms with Gasteiger partial charge in [0, 0.05) is 25.4 Å². The third kappa shape index (κ3) is 3.17. The number of carbonyl (C=O) groups excluding carboxylic acids is 1. The summed E-state index contributed by atoms with van der Waals surface area (Å²) in [6, 6.07) is 0.493. The van der Waals surface area contributed by atoms with E-state index >= 15 is 0 Å². The largest absolute Gasteiger partial charge is 0.345 e. The molecule has 1 aliphatic heterocycles. The summed E-state index contributed by atoms with van der Waals surface area (Å²) >= 11 is 1.96. The normalized spacial score (nSPS) is 23.5. The molecule has 0 radical (unpaired) electrons. The van der Waals surface area contributed by atoms with E-state index in [9.17, 15) is 4.79 Å². The van der Waals surface area contributed by atoms with Crippen LogP contribution < -0.4 is 5.32 Å². The topological polar surface area (TPSA) is 32.3 Å². The molecule has 82 valence electrons. The van der Waals surface area contributed by atoms with Crippen LogP contribution in [0.3, 0.4) is 0 Å². The molecule has 0 aromatic carbocycles.